The molecule has 1 aliphatic carbocycles. The Morgan fingerprint density at radius 1 is 1.33 bits per heavy atom. The Labute approximate surface area is 123 Å². The van der Waals surface area contributed by atoms with Crippen LogP contribution >= 0.6 is 0 Å². The van der Waals surface area contributed by atoms with Gasteiger partial charge in [-0.25, -0.2) is 9.59 Å². The first-order valence-electron chi connectivity index (χ1n) is 7.33. The van der Waals surface area contributed by atoms with E-state index in [1.54, 1.807) is 0 Å². The van der Waals surface area contributed by atoms with E-state index < -0.39 is 17.6 Å². The molecule has 112 valence electrons. The molecular weight excluding hydrogens is 270 g/mol. The summed E-state index contributed by atoms with van der Waals surface area (Å²) < 4.78 is 5.32. The number of hydrogen-bond acceptors (Lipinski definition) is 3. The topological polar surface area (TPSA) is 66.8 Å². The van der Waals surface area contributed by atoms with Gasteiger partial charge in [-0.15, -0.1) is 0 Å². The molecule has 0 radical (unpaired) electrons. The highest BCUT2D eigenvalue weighted by Gasteiger charge is 2.55. The summed E-state index contributed by atoms with van der Waals surface area (Å²) in [4.78, 5) is 25.4. The number of nitrogens with zero attached hydrogens (tertiary/aromatic N) is 1. The maximum atomic E-state index is 12.3. The Hall–Kier alpha value is -2.04. The highest BCUT2D eigenvalue weighted by atomic mass is 16.6. The zero-order valence-corrected chi connectivity index (χ0v) is 11.8. The lowest BCUT2D eigenvalue weighted by Gasteiger charge is -2.34. The van der Waals surface area contributed by atoms with E-state index >= 15 is 0 Å². The Morgan fingerprint density at radius 2 is 2.10 bits per heavy atom. The van der Waals surface area contributed by atoms with Crippen LogP contribution in [0.4, 0.5) is 4.79 Å². The van der Waals surface area contributed by atoms with E-state index in [2.05, 4.69) is 0 Å². The van der Waals surface area contributed by atoms with Crippen LogP contribution in [0.15, 0.2) is 30.3 Å². The summed E-state index contributed by atoms with van der Waals surface area (Å²) in [6.07, 6.45) is 2.43. The monoisotopic (exact) mass is 289 g/mol. The van der Waals surface area contributed by atoms with Crippen LogP contribution in [0.1, 0.15) is 31.2 Å². The van der Waals surface area contributed by atoms with Crippen molar-refractivity contribution in [2.45, 2.75) is 37.8 Å². The number of amides is 1. The van der Waals surface area contributed by atoms with Gasteiger partial charge in [0.1, 0.15) is 12.1 Å². The van der Waals surface area contributed by atoms with Gasteiger partial charge < -0.3 is 9.84 Å². The quantitative estimate of drug-likeness (QED) is 0.929. The fourth-order valence-corrected chi connectivity index (χ4v) is 3.55. The molecule has 1 aromatic rings. The van der Waals surface area contributed by atoms with Crippen LogP contribution in [0.25, 0.3) is 0 Å². The molecule has 1 aromatic carbocycles. The molecule has 2 aliphatic rings. The smallest absolute Gasteiger partial charge is 0.411 e. The van der Waals surface area contributed by atoms with E-state index in [0.717, 1.165) is 18.4 Å². The van der Waals surface area contributed by atoms with E-state index in [0.29, 0.717) is 25.3 Å². The maximum Gasteiger partial charge on any atom is 0.411 e. The normalized spacial score (nSPS) is 27.4. The summed E-state index contributed by atoms with van der Waals surface area (Å²) in [6, 6.07) is 9.41. The number of aliphatic carboxylic acids is 1. The van der Waals surface area contributed by atoms with Gasteiger partial charge in [0, 0.05) is 6.54 Å². The molecule has 21 heavy (non-hydrogen) atoms. The second-order valence-electron chi connectivity index (χ2n) is 5.95. The van der Waals surface area contributed by atoms with E-state index in [-0.39, 0.29) is 6.61 Å². The van der Waals surface area contributed by atoms with Gasteiger partial charge in [0.15, 0.2) is 0 Å². The van der Waals surface area contributed by atoms with E-state index in [9.17, 15) is 14.7 Å². The Morgan fingerprint density at radius 3 is 2.81 bits per heavy atom. The van der Waals surface area contributed by atoms with Gasteiger partial charge >= 0.3 is 12.1 Å². The molecular formula is C16H19NO4. The molecule has 1 saturated heterocycles. The molecule has 5 heteroatoms. The first kappa shape index (κ1) is 13.9. The van der Waals surface area contributed by atoms with Crippen molar-refractivity contribution in [3.63, 3.8) is 0 Å². The van der Waals surface area contributed by atoms with E-state index in [1.165, 1.54) is 4.90 Å². The second kappa shape index (κ2) is 5.39. The minimum Gasteiger partial charge on any atom is -0.479 e. The summed E-state index contributed by atoms with van der Waals surface area (Å²) in [5.74, 6) is -0.611. The summed E-state index contributed by atoms with van der Waals surface area (Å²) in [7, 11) is 0. The van der Waals surface area contributed by atoms with Crippen LogP contribution < -0.4 is 0 Å². The maximum absolute atomic E-state index is 12.3. The first-order valence-corrected chi connectivity index (χ1v) is 7.33. The van der Waals surface area contributed by atoms with Crippen LogP contribution in [0, 0.1) is 5.92 Å². The number of rotatable bonds is 3. The predicted octanol–water partition coefficient (Wildman–Crippen LogP) is 2.65. The molecule has 1 saturated carbocycles. The van der Waals surface area contributed by atoms with Gasteiger partial charge in [-0.2, -0.15) is 0 Å². The Bertz CT molecular complexity index is 544. The number of hydrogen-bond donors (Lipinski definition) is 1. The minimum absolute atomic E-state index is 0.177. The lowest BCUT2D eigenvalue weighted by molar-refractivity contribution is -0.149. The molecule has 0 spiro atoms. The third-order valence-electron chi connectivity index (χ3n) is 4.61. The molecule has 2 fully saturated rings. The molecule has 1 N–H and O–H groups in total. The van der Waals surface area contributed by atoms with Crippen molar-refractivity contribution >= 4 is 12.1 Å². The van der Waals surface area contributed by atoms with Gasteiger partial charge in [-0.3, -0.25) is 4.90 Å². The van der Waals surface area contributed by atoms with Crippen LogP contribution in [0.2, 0.25) is 0 Å². The Balaban J connectivity index is 1.70. The third-order valence-corrected chi connectivity index (χ3v) is 4.61. The van der Waals surface area contributed by atoms with Crippen LogP contribution in [-0.4, -0.2) is 34.2 Å². The number of carbonyl (C=O) groups is 2. The van der Waals surface area contributed by atoms with Crippen molar-refractivity contribution in [3.05, 3.63) is 35.9 Å². The summed E-state index contributed by atoms with van der Waals surface area (Å²) in [5, 5.41) is 9.57. The zero-order valence-electron chi connectivity index (χ0n) is 11.8. The predicted molar refractivity (Wildman–Crippen MR) is 75.7 cm³/mol. The highest BCUT2D eigenvalue weighted by molar-refractivity contribution is 5.85. The van der Waals surface area contributed by atoms with Gasteiger partial charge in [0.25, 0.3) is 0 Å². The van der Waals surface area contributed by atoms with E-state index in [1.807, 2.05) is 30.3 Å². The molecule has 3 rings (SSSR count). The summed E-state index contributed by atoms with van der Waals surface area (Å²) in [5.41, 5.74) is -0.145. The number of carboxylic acids is 1. The number of carboxylic acid groups (broad SMARTS) is 1. The number of benzene rings is 1. The molecule has 5 nitrogen and oxygen atoms in total. The molecule has 2 atom stereocenters. The third kappa shape index (κ3) is 2.48. The highest BCUT2D eigenvalue weighted by Crippen LogP contribution is 2.44. The van der Waals surface area contributed by atoms with Gasteiger partial charge in [0.2, 0.25) is 0 Å². The zero-order chi connectivity index (χ0) is 14.9. The molecule has 1 amide bonds. The van der Waals surface area contributed by atoms with Gasteiger partial charge in [-0.1, -0.05) is 36.8 Å². The van der Waals surface area contributed by atoms with Crippen molar-refractivity contribution in [2.24, 2.45) is 5.92 Å². The number of ether oxygens (including phenoxy) is 1. The lowest BCUT2D eigenvalue weighted by atomic mass is 9.80. The van der Waals surface area contributed by atoms with Crippen molar-refractivity contribution in [1.29, 1.82) is 0 Å². The number of carbonyl (C=O) groups excluding carboxylic acids is 1. The average molecular weight is 289 g/mol. The van der Waals surface area contributed by atoms with Crippen molar-refractivity contribution < 1.29 is 19.4 Å². The molecule has 2 bridgehead atoms. The average Bonchev–Trinajstić information content (AvgIpc) is 2.78. The first-order chi connectivity index (χ1) is 10.1. The lowest BCUT2D eigenvalue weighted by Crippen LogP contribution is -2.53. The van der Waals surface area contributed by atoms with Crippen LogP contribution in [-0.2, 0) is 16.1 Å². The summed E-state index contributed by atoms with van der Waals surface area (Å²) in [6.45, 7) is 0.677. The van der Waals surface area contributed by atoms with Crippen LogP contribution in [0.3, 0.4) is 0 Å². The van der Waals surface area contributed by atoms with Crippen LogP contribution in [0.5, 0.6) is 0 Å². The second-order valence-corrected chi connectivity index (χ2v) is 5.95. The van der Waals surface area contributed by atoms with Gasteiger partial charge in [-0.05, 0) is 30.7 Å². The van der Waals surface area contributed by atoms with Crippen molar-refractivity contribution in [1.82, 2.24) is 4.90 Å². The standard InChI is InChI=1S/C16H19NO4/c18-14(19)16-8-4-7-13(9-16)10-17(16)15(20)21-11-12-5-2-1-3-6-12/h1-3,5-6,13H,4,7-11H2,(H,18,19). The fourth-order valence-electron chi connectivity index (χ4n) is 3.55. The summed E-state index contributed by atoms with van der Waals surface area (Å²) >= 11 is 0. The Kier molecular flexibility index (Phi) is 3.57. The number of fused-ring (bicyclic) bond motifs is 2. The molecule has 0 aromatic heterocycles. The molecule has 1 aliphatic heterocycles. The number of likely N-dealkylation sites (tertiary alicyclic amines) is 1. The molecule has 2 unspecified atom stereocenters. The minimum atomic E-state index is -1.04. The fraction of sp³-hybridized carbons (Fsp3) is 0.500. The van der Waals surface area contributed by atoms with Crippen molar-refractivity contribution in [2.75, 3.05) is 6.54 Å². The SMILES string of the molecule is O=C(OCc1ccccc1)N1CC2CCCC1(C(=O)O)C2. The van der Waals surface area contributed by atoms with E-state index in [4.69, 9.17) is 4.74 Å². The van der Waals surface area contributed by atoms with Gasteiger partial charge in [0.05, 0.1) is 0 Å². The largest absolute Gasteiger partial charge is 0.479 e. The van der Waals surface area contributed by atoms with Crippen molar-refractivity contribution in [3.8, 4) is 0 Å². The molecule has 1 heterocycles.